The normalized spacial score (nSPS) is 26.2. The van der Waals surface area contributed by atoms with E-state index in [9.17, 15) is 22.8 Å². The molecule has 0 radical (unpaired) electrons. The molecule has 0 aliphatic carbocycles. The Morgan fingerprint density at radius 1 is 1.14 bits per heavy atom. The molecule has 6 rings (SSSR count). The summed E-state index contributed by atoms with van der Waals surface area (Å²) < 4.78 is 50.4. The van der Waals surface area contributed by atoms with Gasteiger partial charge in [-0.15, -0.1) is 0 Å². The number of likely N-dealkylation sites (tertiary alicyclic amines) is 1. The molecular formula is C24H21F3N4O4S. The van der Waals surface area contributed by atoms with Crippen molar-refractivity contribution >= 4 is 35.0 Å². The maximum atomic E-state index is 13.4. The van der Waals surface area contributed by atoms with Crippen molar-refractivity contribution < 1.29 is 32.2 Å². The number of urea groups is 1. The second kappa shape index (κ2) is 7.99. The Morgan fingerprint density at radius 2 is 1.92 bits per heavy atom. The molecular weight excluding hydrogens is 497 g/mol. The molecule has 2 unspecified atom stereocenters. The maximum Gasteiger partial charge on any atom is 0.416 e. The lowest BCUT2D eigenvalue weighted by Crippen LogP contribution is -2.56. The van der Waals surface area contributed by atoms with Crippen molar-refractivity contribution in [1.29, 1.82) is 0 Å². The molecule has 36 heavy (non-hydrogen) atoms. The number of fused-ring (bicyclic) bond motifs is 6. The highest BCUT2D eigenvalue weighted by Crippen LogP contribution is 2.46. The Morgan fingerprint density at radius 3 is 2.69 bits per heavy atom. The van der Waals surface area contributed by atoms with Crippen LogP contribution >= 0.6 is 12.2 Å². The van der Waals surface area contributed by atoms with Gasteiger partial charge in [0.2, 0.25) is 6.79 Å². The molecule has 3 saturated heterocycles. The lowest BCUT2D eigenvalue weighted by atomic mass is 9.99. The van der Waals surface area contributed by atoms with Crippen LogP contribution in [-0.4, -0.2) is 58.3 Å². The van der Waals surface area contributed by atoms with Crippen LogP contribution in [0.1, 0.15) is 18.1 Å². The molecule has 0 saturated carbocycles. The quantitative estimate of drug-likeness (QED) is 0.494. The number of nitrogens with zero attached hydrogens (tertiary/aromatic N) is 3. The molecule has 4 aliphatic heterocycles. The van der Waals surface area contributed by atoms with Gasteiger partial charge in [0, 0.05) is 19.0 Å². The van der Waals surface area contributed by atoms with E-state index in [1.165, 1.54) is 17.0 Å². The third-order valence-electron chi connectivity index (χ3n) is 7.33. The number of piperazine rings is 1. The fraction of sp³-hybridized carbons (Fsp3) is 0.375. The third-order valence-corrected chi connectivity index (χ3v) is 7.71. The summed E-state index contributed by atoms with van der Waals surface area (Å²) >= 11 is 5.64. The van der Waals surface area contributed by atoms with Gasteiger partial charge in [-0.25, -0.2) is 9.69 Å². The monoisotopic (exact) mass is 518 g/mol. The van der Waals surface area contributed by atoms with E-state index in [2.05, 4.69) is 5.32 Å². The van der Waals surface area contributed by atoms with Gasteiger partial charge in [-0.05, 0) is 48.1 Å². The molecule has 3 fully saturated rings. The zero-order chi connectivity index (χ0) is 25.4. The molecule has 3 amide bonds. The van der Waals surface area contributed by atoms with Crippen LogP contribution in [0.25, 0.3) is 0 Å². The summed E-state index contributed by atoms with van der Waals surface area (Å²) in [6, 6.07) is 7.80. The molecule has 1 N–H and O–H groups in total. The van der Waals surface area contributed by atoms with Gasteiger partial charge in [0.1, 0.15) is 6.04 Å². The van der Waals surface area contributed by atoms with Crippen molar-refractivity contribution in [2.24, 2.45) is 5.92 Å². The van der Waals surface area contributed by atoms with Crippen LogP contribution in [0, 0.1) is 5.92 Å². The number of carbonyl (C=O) groups is 2. The lowest BCUT2D eigenvalue weighted by molar-refractivity contribution is -0.137. The molecule has 2 aromatic carbocycles. The first-order valence-corrected chi connectivity index (χ1v) is 11.8. The first-order valence-electron chi connectivity index (χ1n) is 11.4. The number of benzene rings is 2. The highest BCUT2D eigenvalue weighted by molar-refractivity contribution is 7.80. The van der Waals surface area contributed by atoms with E-state index in [1.54, 1.807) is 0 Å². The summed E-state index contributed by atoms with van der Waals surface area (Å²) in [5, 5.41) is 3.67. The van der Waals surface area contributed by atoms with Crippen LogP contribution in [0.15, 0.2) is 42.5 Å². The van der Waals surface area contributed by atoms with Gasteiger partial charge >= 0.3 is 12.2 Å². The Bertz CT molecular complexity index is 1290. The van der Waals surface area contributed by atoms with Gasteiger partial charge in [0.25, 0.3) is 5.91 Å². The summed E-state index contributed by atoms with van der Waals surface area (Å²) in [5.74, 6) is 0.773. The van der Waals surface area contributed by atoms with Crippen molar-refractivity contribution in [3.63, 3.8) is 0 Å². The van der Waals surface area contributed by atoms with Gasteiger partial charge < -0.3 is 24.6 Å². The second-order valence-corrected chi connectivity index (χ2v) is 9.66. The van der Waals surface area contributed by atoms with Crippen LogP contribution < -0.4 is 19.7 Å². The van der Waals surface area contributed by atoms with E-state index in [-0.39, 0.29) is 30.5 Å². The van der Waals surface area contributed by atoms with Crippen LogP contribution in [-0.2, 0) is 17.5 Å². The summed E-state index contributed by atoms with van der Waals surface area (Å²) in [7, 11) is 0. The Hall–Kier alpha value is -3.54. The number of thiocarbonyl (C=S) groups is 1. The predicted octanol–water partition coefficient (Wildman–Crippen LogP) is 3.35. The molecule has 0 spiro atoms. The molecule has 188 valence electrons. The summed E-state index contributed by atoms with van der Waals surface area (Å²) in [6.07, 6.45) is -4.59. The Labute approximate surface area is 209 Å². The van der Waals surface area contributed by atoms with E-state index >= 15 is 0 Å². The summed E-state index contributed by atoms with van der Waals surface area (Å²) in [5.41, 5.74) is -0.0701. The number of halogens is 3. The number of carbonyl (C=O) groups excluding carboxylic acids is 2. The van der Waals surface area contributed by atoms with Crippen molar-refractivity contribution in [1.82, 2.24) is 15.1 Å². The number of amides is 3. The number of imide groups is 1. The van der Waals surface area contributed by atoms with E-state index in [0.29, 0.717) is 29.7 Å². The number of rotatable bonds is 3. The molecule has 4 atom stereocenters. The lowest BCUT2D eigenvalue weighted by Gasteiger charge is -2.36. The molecule has 12 heteroatoms. The number of anilines is 1. The highest BCUT2D eigenvalue weighted by atomic mass is 32.1. The fourth-order valence-corrected chi connectivity index (χ4v) is 5.91. The van der Waals surface area contributed by atoms with Gasteiger partial charge in [-0.2, -0.15) is 13.2 Å². The average molecular weight is 519 g/mol. The minimum atomic E-state index is -4.59. The average Bonchev–Trinajstić information content (AvgIpc) is 3.58. The van der Waals surface area contributed by atoms with E-state index in [0.717, 1.165) is 22.6 Å². The first-order chi connectivity index (χ1) is 17.1. The topological polar surface area (TPSA) is 74.4 Å². The van der Waals surface area contributed by atoms with E-state index in [4.69, 9.17) is 21.7 Å². The number of nitrogens with one attached hydrogen (secondary N) is 1. The zero-order valence-electron chi connectivity index (χ0n) is 19.0. The minimum absolute atomic E-state index is 0.0307. The Balaban J connectivity index is 1.20. The molecule has 8 nitrogen and oxygen atoms in total. The van der Waals surface area contributed by atoms with Crippen molar-refractivity contribution in [3.05, 3.63) is 53.6 Å². The predicted molar refractivity (Wildman–Crippen MR) is 125 cm³/mol. The summed E-state index contributed by atoms with van der Waals surface area (Å²) in [6.45, 7) is 3.00. The standard InChI is InChI=1S/C24H21F3N4O4S/c1-12-16-10-29(22(36)28-9-13-5-6-17-18(7-13)35-11-34-17)19(12)20-21(32)30(23(33)31(16)20)15-4-2-3-14(8-15)24(25,26)27/h2-8,12,16,19-20H,9-11H2,1H3,(H,28,36)/t12-,16?,19?,20-/m1/s1. The number of hydrogen-bond acceptors (Lipinski definition) is 5. The zero-order valence-corrected chi connectivity index (χ0v) is 19.8. The van der Waals surface area contributed by atoms with Crippen LogP contribution in [0.3, 0.4) is 0 Å². The molecule has 4 aliphatic rings. The minimum Gasteiger partial charge on any atom is -0.454 e. The molecule has 4 heterocycles. The van der Waals surface area contributed by atoms with Crippen LogP contribution in [0.5, 0.6) is 11.5 Å². The Kier molecular flexibility index (Phi) is 5.08. The van der Waals surface area contributed by atoms with Crippen molar-refractivity contribution in [2.75, 3.05) is 18.2 Å². The second-order valence-electron chi connectivity index (χ2n) is 9.27. The smallest absolute Gasteiger partial charge is 0.416 e. The fourth-order valence-electron chi connectivity index (χ4n) is 5.65. The number of hydrogen-bond donors (Lipinski definition) is 1. The summed E-state index contributed by atoms with van der Waals surface area (Å²) in [4.78, 5) is 30.9. The molecule has 2 aromatic rings. The van der Waals surface area contributed by atoms with Crippen molar-refractivity contribution in [2.45, 2.75) is 37.8 Å². The largest absolute Gasteiger partial charge is 0.454 e. The third kappa shape index (κ3) is 3.38. The van der Waals surface area contributed by atoms with Crippen molar-refractivity contribution in [3.8, 4) is 11.5 Å². The van der Waals surface area contributed by atoms with E-state index in [1.807, 2.05) is 30.0 Å². The van der Waals surface area contributed by atoms with Crippen LogP contribution in [0.4, 0.5) is 23.7 Å². The number of ether oxygens (including phenoxy) is 2. The number of alkyl halides is 3. The maximum absolute atomic E-state index is 13.4. The molecule has 2 bridgehead atoms. The SMILES string of the molecule is C[C@H]1C2[C@@H]3C(=O)N(c4cccc(C(F)(F)F)c4)C(=O)N3C1CN2C(=S)NCc1ccc2c(c1)OCO2. The van der Waals surface area contributed by atoms with Crippen LogP contribution in [0.2, 0.25) is 0 Å². The van der Waals surface area contributed by atoms with Gasteiger partial charge in [-0.1, -0.05) is 19.1 Å². The van der Waals surface area contributed by atoms with Gasteiger partial charge in [-0.3, -0.25) is 4.79 Å². The highest BCUT2D eigenvalue weighted by Gasteiger charge is 2.65. The van der Waals surface area contributed by atoms with E-state index < -0.39 is 29.7 Å². The first kappa shape index (κ1) is 22.9. The molecule has 0 aromatic heterocycles. The van der Waals surface area contributed by atoms with Gasteiger partial charge in [0.05, 0.1) is 23.3 Å². The van der Waals surface area contributed by atoms with Gasteiger partial charge in [0.15, 0.2) is 16.6 Å².